The van der Waals surface area contributed by atoms with Gasteiger partial charge in [0.15, 0.2) is 0 Å². The molecule has 2 aromatic carbocycles. The molecular formula is C32H39Cl2FN4O4S. The Kier molecular flexibility index (Phi) is 8.31. The summed E-state index contributed by atoms with van der Waals surface area (Å²) in [4.78, 5) is 28.5. The van der Waals surface area contributed by atoms with Crippen LogP contribution >= 0.6 is 23.2 Å². The summed E-state index contributed by atoms with van der Waals surface area (Å²) in [7, 11) is -3.29. The molecule has 6 rings (SSSR count). The molecule has 3 fully saturated rings. The molecule has 4 atom stereocenters. The molecule has 12 heteroatoms. The van der Waals surface area contributed by atoms with Crippen molar-refractivity contribution in [1.82, 2.24) is 15.4 Å². The number of halogens is 3. The maximum Gasteiger partial charge on any atom is 0.238 e. The smallest absolute Gasteiger partial charge is 0.238 e. The first-order valence-electron chi connectivity index (χ1n) is 15.3. The van der Waals surface area contributed by atoms with Gasteiger partial charge in [0.25, 0.3) is 0 Å². The van der Waals surface area contributed by atoms with Crippen LogP contribution in [-0.4, -0.2) is 49.6 Å². The van der Waals surface area contributed by atoms with Crippen LogP contribution in [0, 0.1) is 11.2 Å². The van der Waals surface area contributed by atoms with Crippen molar-refractivity contribution in [1.29, 1.82) is 0 Å². The molecule has 4 N–H and O–H groups in total. The summed E-state index contributed by atoms with van der Waals surface area (Å²) in [6.45, 7) is 6.20. The molecule has 1 spiro atoms. The Morgan fingerprint density at radius 2 is 1.73 bits per heavy atom. The molecule has 2 amide bonds. The van der Waals surface area contributed by atoms with E-state index in [2.05, 4.69) is 41.4 Å². The molecule has 0 aromatic heterocycles. The van der Waals surface area contributed by atoms with Gasteiger partial charge in [-0.3, -0.25) is 9.59 Å². The number of hydrogen-bond donors (Lipinski definition) is 4. The van der Waals surface area contributed by atoms with Crippen molar-refractivity contribution in [2.75, 3.05) is 5.32 Å². The van der Waals surface area contributed by atoms with Gasteiger partial charge in [0, 0.05) is 34.8 Å². The SMILES string of the molecule is CC(C)(C)C[C@H]1N[C@@H](C(=O)N[C@H]2CC[C@H](NS(=O)(=O)C3CC3)CC2)[C@H](c2cccc(Cl)c2F)[C@@]12C(=O)Nc1cc(Cl)ccc12. The Morgan fingerprint density at radius 1 is 1.05 bits per heavy atom. The number of benzene rings is 2. The highest BCUT2D eigenvalue weighted by molar-refractivity contribution is 7.90. The molecule has 0 bridgehead atoms. The molecule has 4 aliphatic rings. The van der Waals surface area contributed by atoms with Gasteiger partial charge in [-0.15, -0.1) is 0 Å². The van der Waals surface area contributed by atoms with Crippen LogP contribution in [0.5, 0.6) is 0 Å². The molecule has 8 nitrogen and oxygen atoms in total. The normalized spacial score (nSPS) is 30.3. The summed E-state index contributed by atoms with van der Waals surface area (Å²) < 4.78 is 43.7. The van der Waals surface area contributed by atoms with Crippen LogP contribution in [0.4, 0.5) is 10.1 Å². The number of carbonyl (C=O) groups excluding carboxylic acids is 2. The quantitative estimate of drug-likeness (QED) is 0.317. The lowest BCUT2D eigenvalue weighted by Crippen LogP contribution is -2.51. The molecule has 2 saturated carbocycles. The van der Waals surface area contributed by atoms with Crippen LogP contribution in [-0.2, 0) is 25.0 Å². The second kappa shape index (κ2) is 11.5. The van der Waals surface area contributed by atoms with Crippen LogP contribution in [0.1, 0.15) is 82.8 Å². The van der Waals surface area contributed by atoms with Crippen LogP contribution in [0.2, 0.25) is 10.0 Å². The minimum absolute atomic E-state index is 0.0854. The van der Waals surface area contributed by atoms with E-state index in [1.54, 1.807) is 30.3 Å². The number of anilines is 1. The second-order valence-electron chi connectivity index (χ2n) is 14.0. The van der Waals surface area contributed by atoms with Gasteiger partial charge in [0.2, 0.25) is 21.8 Å². The molecule has 2 heterocycles. The number of sulfonamides is 1. The van der Waals surface area contributed by atoms with E-state index in [0.29, 0.717) is 61.2 Å². The van der Waals surface area contributed by atoms with E-state index >= 15 is 4.39 Å². The largest absolute Gasteiger partial charge is 0.352 e. The van der Waals surface area contributed by atoms with Gasteiger partial charge in [-0.2, -0.15) is 0 Å². The fourth-order valence-corrected chi connectivity index (χ4v) is 9.51. The van der Waals surface area contributed by atoms with Crippen LogP contribution < -0.4 is 20.7 Å². The number of carbonyl (C=O) groups is 2. The van der Waals surface area contributed by atoms with E-state index in [1.165, 1.54) is 6.07 Å². The topological polar surface area (TPSA) is 116 Å². The van der Waals surface area contributed by atoms with Crippen LogP contribution in [0.15, 0.2) is 36.4 Å². The summed E-state index contributed by atoms with van der Waals surface area (Å²) in [5.41, 5.74) is -0.160. The van der Waals surface area contributed by atoms with E-state index in [4.69, 9.17) is 23.2 Å². The zero-order valence-corrected chi connectivity index (χ0v) is 27.4. The van der Waals surface area contributed by atoms with Crippen molar-refractivity contribution in [2.24, 2.45) is 5.41 Å². The lowest BCUT2D eigenvalue weighted by molar-refractivity contribution is -0.124. The van der Waals surface area contributed by atoms with Crippen molar-refractivity contribution in [3.63, 3.8) is 0 Å². The first kappa shape index (κ1) is 31.7. The minimum Gasteiger partial charge on any atom is -0.352 e. The molecule has 44 heavy (non-hydrogen) atoms. The van der Waals surface area contributed by atoms with Crippen molar-refractivity contribution in [2.45, 2.75) is 106 Å². The first-order chi connectivity index (χ1) is 20.7. The lowest BCUT2D eigenvalue weighted by atomic mass is 9.62. The van der Waals surface area contributed by atoms with E-state index in [1.807, 2.05) is 0 Å². The van der Waals surface area contributed by atoms with Gasteiger partial charge < -0.3 is 16.0 Å². The third-order valence-corrected chi connectivity index (χ3v) is 12.1. The van der Waals surface area contributed by atoms with Crippen LogP contribution in [0.3, 0.4) is 0 Å². The highest BCUT2D eigenvalue weighted by atomic mass is 35.5. The zero-order chi connectivity index (χ0) is 31.6. The molecule has 238 valence electrons. The number of rotatable bonds is 7. The van der Waals surface area contributed by atoms with E-state index < -0.39 is 39.3 Å². The van der Waals surface area contributed by atoms with Crippen molar-refractivity contribution in [3.05, 3.63) is 63.4 Å². The van der Waals surface area contributed by atoms with E-state index in [0.717, 1.165) is 0 Å². The fraction of sp³-hybridized carbons (Fsp3) is 0.562. The average molecular weight is 666 g/mol. The third kappa shape index (κ3) is 5.77. The second-order valence-corrected chi connectivity index (χ2v) is 16.9. The third-order valence-electron chi connectivity index (χ3n) is 9.59. The van der Waals surface area contributed by atoms with Gasteiger partial charge in [0.05, 0.1) is 16.3 Å². The van der Waals surface area contributed by atoms with Crippen molar-refractivity contribution < 1.29 is 22.4 Å². The Labute approximate surface area is 268 Å². The molecule has 2 aliphatic heterocycles. The molecule has 1 saturated heterocycles. The highest BCUT2D eigenvalue weighted by Gasteiger charge is 2.66. The Hall–Kier alpha value is -2.24. The Morgan fingerprint density at radius 3 is 2.39 bits per heavy atom. The molecule has 0 radical (unpaired) electrons. The van der Waals surface area contributed by atoms with Gasteiger partial charge in [-0.25, -0.2) is 17.5 Å². The van der Waals surface area contributed by atoms with Gasteiger partial charge >= 0.3 is 0 Å². The molecule has 0 unspecified atom stereocenters. The van der Waals surface area contributed by atoms with Crippen LogP contribution in [0.25, 0.3) is 0 Å². The van der Waals surface area contributed by atoms with Gasteiger partial charge in [-0.1, -0.05) is 62.2 Å². The number of hydrogen-bond acceptors (Lipinski definition) is 5. The lowest BCUT2D eigenvalue weighted by Gasteiger charge is -2.38. The van der Waals surface area contributed by atoms with Crippen molar-refractivity contribution in [3.8, 4) is 0 Å². The van der Waals surface area contributed by atoms with Gasteiger partial charge in [0.1, 0.15) is 11.2 Å². The highest BCUT2D eigenvalue weighted by Crippen LogP contribution is 2.57. The fourth-order valence-electron chi connectivity index (χ4n) is 7.51. The number of fused-ring (bicyclic) bond motifs is 2. The van der Waals surface area contributed by atoms with E-state index in [9.17, 15) is 18.0 Å². The summed E-state index contributed by atoms with van der Waals surface area (Å²) in [6.07, 6.45) is 4.35. The summed E-state index contributed by atoms with van der Waals surface area (Å²) >= 11 is 12.6. The number of nitrogens with one attached hydrogen (secondary N) is 4. The standard InChI is InChI=1S/C32H39Cl2FN4O4S/c1-31(2,3)16-25-32(22-14-7-17(33)15-24(22)37-30(32)41)26(21-5-4-6-23(34)27(21)35)28(38-25)29(40)36-18-8-10-19(11-9-18)39-44(42,43)20-12-13-20/h4-7,14-15,18-20,25-26,28,38-39H,8-13,16H2,1-3H3,(H,36,40)(H,37,41)/t18-,19-,25-,26+,28-,32+/m1/s1. The van der Waals surface area contributed by atoms with Gasteiger partial charge in [-0.05, 0) is 79.7 Å². The first-order valence-corrected chi connectivity index (χ1v) is 17.6. The molecular weight excluding hydrogens is 626 g/mol. The average Bonchev–Trinajstić information content (AvgIpc) is 3.70. The molecule has 2 aliphatic carbocycles. The predicted molar refractivity (Wildman–Crippen MR) is 170 cm³/mol. The monoisotopic (exact) mass is 664 g/mol. The summed E-state index contributed by atoms with van der Waals surface area (Å²) in [5, 5.41) is 9.75. The zero-order valence-electron chi connectivity index (χ0n) is 25.1. The maximum absolute atomic E-state index is 16.0. The number of amides is 2. The van der Waals surface area contributed by atoms with Crippen molar-refractivity contribution >= 4 is 50.7 Å². The maximum atomic E-state index is 16.0. The Bertz CT molecular complexity index is 1590. The van der Waals surface area contributed by atoms with E-state index in [-0.39, 0.29) is 45.1 Å². The molecule has 2 aromatic rings. The predicted octanol–water partition coefficient (Wildman–Crippen LogP) is 5.39. The minimum atomic E-state index is -3.29. The summed E-state index contributed by atoms with van der Waals surface area (Å²) in [5.74, 6) is -2.23. The Balaban J connectivity index is 1.34. The summed E-state index contributed by atoms with van der Waals surface area (Å²) in [6, 6.07) is 8.09.